The third kappa shape index (κ3) is 1.94. The number of benzene rings is 1. The van der Waals surface area contributed by atoms with E-state index in [-0.39, 0.29) is 11.5 Å². The van der Waals surface area contributed by atoms with E-state index in [0.29, 0.717) is 11.7 Å². The van der Waals surface area contributed by atoms with E-state index < -0.39 is 0 Å². The molecule has 1 aromatic carbocycles. The molecule has 0 saturated carbocycles. The second-order valence-corrected chi connectivity index (χ2v) is 6.55. The Labute approximate surface area is 120 Å². The molecule has 0 bridgehead atoms. The van der Waals surface area contributed by atoms with Gasteiger partial charge in [-0.05, 0) is 51.3 Å². The number of fused-ring (bicyclic) bond motifs is 3. The highest BCUT2D eigenvalue weighted by molar-refractivity contribution is 5.60. The van der Waals surface area contributed by atoms with Crippen molar-refractivity contribution in [1.29, 1.82) is 0 Å². The fourth-order valence-electron chi connectivity index (χ4n) is 3.66. The molecule has 0 fully saturated rings. The van der Waals surface area contributed by atoms with E-state index in [9.17, 15) is 5.11 Å². The molecule has 1 heterocycles. The molecule has 2 aliphatic rings. The minimum Gasteiger partial charge on any atom is -0.507 e. The summed E-state index contributed by atoms with van der Waals surface area (Å²) in [5, 5.41) is 10.4. The lowest BCUT2D eigenvalue weighted by atomic mass is 9.68. The first-order valence-corrected chi connectivity index (χ1v) is 7.28. The summed E-state index contributed by atoms with van der Waals surface area (Å²) < 4.78 is 6.21. The first-order chi connectivity index (χ1) is 9.42. The zero-order chi connectivity index (χ0) is 14.5. The summed E-state index contributed by atoms with van der Waals surface area (Å²) in [6, 6.07) is 3.76. The number of rotatable bonds is 1. The molecule has 0 radical (unpaired) electrons. The first kappa shape index (κ1) is 13.3. The van der Waals surface area contributed by atoms with Gasteiger partial charge < -0.3 is 9.84 Å². The van der Waals surface area contributed by atoms with Gasteiger partial charge in [0, 0.05) is 17.4 Å². The summed E-state index contributed by atoms with van der Waals surface area (Å²) in [6.07, 6.45) is 6.28. The van der Waals surface area contributed by atoms with Crippen LogP contribution in [0.25, 0.3) is 6.08 Å². The predicted octanol–water partition coefficient (Wildman–Crippen LogP) is 4.65. The highest BCUT2D eigenvalue weighted by Crippen LogP contribution is 2.53. The third-order valence-electron chi connectivity index (χ3n) is 4.72. The average molecular weight is 270 g/mol. The van der Waals surface area contributed by atoms with Crippen molar-refractivity contribution in [3.63, 3.8) is 0 Å². The van der Waals surface area contributed by atoms with Gasteiger partial charge in [-0.25, -0.2) is 0 Å². The summed E-state index contributed by atoms with van der Waals surface area (Å²) >= 11 is 0. The van der Waals surface area contributed by atoms with Crippen LogP contribution in [-0.2, 0) is 0 Å². The van der Waals surface area contributed by atoms with Gasteiger partial charge in [0.25, 0.3) is 0 Å². The molecule has 2 nitrogen and oxygen atoms in total. The highest BCUT2D eigenvalue weighted by atomic mass is 16.5. The van der Waals surface area contributed by atoms with Gasteiger partial charge in [0.05, 0.1) is 0 Å². The summed E-state index contributed by atoms with van der Waals surface area (Å²) in [5.41, 5.74) is 3.04. The van der Waals surface area contributed by atoms with Crippen molar-refractivity contribution in [3.8, 4) is 11.5 Å². The highest BCUT2D eigenvalue weighted by Gasteiger charge is 2.45. The van der Waals surface area contributed by atoms with Gasteiger partial charge in [-0.3, -0.25) is 0 Å². The molecule has 20 heavy (non-hydrogen) atoms. The lowest BCUT2D eigenvalue weighted by molar-refractivity contribution is 0.0108. The molecular weight excluding hydrogens is 248 g/mol. The smallest absolute Gasteiger partial charge is 0.128 e. The van der Waals surface area contributed by atoms with Gasteiger partial charge in [0.15, 0.2) is 0 Å². The fourth-order valence-corrected chi connectivity index (χ4v) is 3.66. The number of phenols is 1. The Morgan fingerprint density at radius 1 is 1.40 bits per heavy atom. The minimum absolute atomic E-state index is 0.207. The lowest BCUT2D eigenvalue weighted by Crippen LogP contribution is -2.45. The van der Waals surface area contributed by atoms with Crippen LogP contribution in [0, 0.1) is 5.92 Å². The van der Waals surface area contributed by atoms with E-state index in [1.165, 1.54) is 5.57 Å². The Bertz CT molecular complexity index is 596. The molecule has 2 atom stereocenters. The summed E-state index contributed by atoms with van der Waals surface area (Å²) in [6.45, 7) is 10.3. The van der Waals surface area contributed by atoms with E-state index in [1.54, 1.807) is 12.1 Å². The van der Waals surface area contributed by atoms with Crippen LogP contribution in [0.15, 0.2) is 30.4 Å². The van der Waals surface area contributed by atoms with Gasteiger partial charge in [-0.15, -0.1) is 0 Å². The van der Waals surface area contributed by atoms with Crippen LogP contribution in [0.3, 0.4) is 0 Å². The van der Waals surface area contributed by atoms with Crippen LogP contribution < -0.4 is 4.74 Å². The third-order valence-corrected chi connectivity index (χ3v) is 4.72. The normalized spacial score (nSPS) is 26.9. The SMILES string of the molecule is C=Cc1cc(O)c2c(c1)OC(C)(C)[C@H]1CCC(C)=CC21. The Hall–Kier alpha value is -1.70. The van der Waals surface area contributed by atoms with Crippen molar-refractivity contribution in [1.82, 2.24) is 0 Å². The van der Waals surface area contributed by atoms with Crippen LogP contribution in [0.1, 0.15) is 50.7 Å². The van der Waals surface area contributed by atoms with E-state index >= 15 is 0 Å². The molecule has 0 spiro atoms. The molecule has 1 aliphatic carbocycles. The minimum atomic E-state index is -0.207. The predicted molar refractivity (Wildman–Crippen MR) is 82.1 cm³/mol. The Balaban J connectivity index is 2.21. The molecule has 1 unspecified atom stereocenters. The fraction of sp³-hybridized carbons (Fsp3) is 0.444. The molecule has 1 aromatic rings. The molecule has 3 rings (SSSR count). The Kier molecular flexibility index (Phi) is 2.93. The molecule has 106 valence electrons. The van der Waals surface area contributed by atoms with Crippen LogP contribution in [0.5, 0.6) is 11.5 Å². The van der Waals surface area contributed by atoms with E-state index in [2.05, 4.69) is 33.4 Å². The van der Waals surface area contributed by atoms with Crippen molar-refractivity contribution < 1.29 is 9.84 Å². The molecule has 1 N–H and O–H groups in total. The lowest BCUT2D eigenvalue weighted by Gasteiger charge is -2.46. The van der Waals surface area contributed by atoms with Crippen molar-refractivity contribution in [3.05, 3.63) is 41.5 Å². The summed E-state index contributed by atoms with van der Waals surface area (Å²) in [4.78, 5) is 0. The monoisotopic (exact) mass is 270 g/mol. The zero-order valence-electron chi connectivity index (χ0n) is 12.4. The summed E-state index contributed by atoms with van der Waals surface area (Å²) in [5.74, 6) is 1.80. The number of allylic oxidation sites excluding steroid dienone is 2. The van der Waals surface area contributed by atoms with E-state index in [1.807, 2.05) is 6.07 Å². The van der Waals surface area contributed by atoms with Crippen molar-refractivity contribution in [2.24, 2.45) is 5.92 Å². The molecule has 0 amide bonds. The van der Waals surface area contributed by atoms with Crippen molar-refractivity contribution in [2.75, 3.05) is 0 Å². The Morgan fingerprint density at radius 3 is 2.85 bits per heavy atom. The van der Waals surface area contributed by atoms with Gasteiger partial charge in [0.1, 0.15) is 17.1 Å². The molecule has 2 heteroatoms. The maximum absolute atomic E-state index is 10.4. The van der Waals surface area contributed by atoms with Gasteiger partial charge in [0.2, 0.25) is 0 Å². The van der Waals surface area contributed by atoms with E-state index in [0.717, 1.165) is 29.7 Å². The van der Waals surface area contributed by atoms with Crippen LogP contribution >= 0.6 is 0 Å². The number of aromatic hydroxyl groups is 1. The molecule has 0 saturated heterocycles. The van der Waals surface area contributed by atoms with Gasteiger partial charge >= 0.3 is 0 Å². The van der Waals surface area contributed by atoms with Crippen LogP contribution in [-0.4, -0.2) is 10.7 Å². The number of phenolic OH excluding ortho intramolecular Hbond substituents is 1. The van der Waals surface area contributed by atoms with Gasteiger partial charge in [-0.1, -0.05) is 24.3 Å². The standard InChI is InChI=1S/C18H22O2/c1-5-12-9-15(19)17-13-8-11(2)6-7-14(13)18(3,4)20-16(17)10-12/h5,8-10,13-14,19H,1,6-7H2,2-4H3/t13?,14-/m0/s1. The summed E-state index contributed by atoms with van der Waals surface area (Å²) in [7, 11) is 0. The molecule has 0 aromatic heterocycles. The van der Waals surface area contributed by atoms with Crippen molar-refractivity contribution in [2.45, 2.75) is 45.1 Å². The average Bonchev–Trinajstić information content (AvgIpc) is 2.36. The van der Waals surface area contributed by atoms with E-state index in [4.69, 9.17) is 4.74 Å². The number of hydrogen-bond acceptors (Lipinski definition) is 2. The maximum Gasteiger partial charge on any atom is 0.128 e. The zero-order valence-corrected chi connectivity index (χ0v) is 12.4. The largest absolute Gasteiger partial charge is 0.507 e. The number of hydrogen-bond donors (Lipinski definition) is 1. The van der Waals surface area contributed by atoms with Crippen LogP contribution in [0.2, 0.25) is 0 Å². The second-order valence-electron chi connectivity index (χ2n) is 6.55. The van der Waals surface area contributed by atoms with Crippen molar-refractivity contribution >= 4 is 6.08 Å². The quantitative estimate of drug-likeness (QED) is 0.753. The molecule has 1 aliphatic heterocycles. The van der Waals surface area contributed by atoms with Crippen LogP contribution in [0.4, 0.5) is 0 Å². The van der Waals surface area contributed by atoms with Gasteiger partial charge in [-0.2, -0.15) is 0 Å². The Morgan fingerprint density at radius 2 is 2.15 bits per heavy atom. The second kappa shape index (κ2) is 4.41. The topological polar surface area (TPSA) is 29.5 Å². The maximum atomic E-state index is 10.4. The molecular formula is C18H22O2. The first-order valence-electron chi connectivity index (χ1n) is 7.28. The number of ether oxygens (including phenoxy) is 1.